The summed E-state index contributed by atoms with van der Waals surface area (Å²) in [5.74, 6) is 5.97. The molecule has 5 saturated heterocycles. The Morgan fingerprint density at radius 2 is 0.489 bits per heavy atom. The van der Waals surface area contributed by atoms with Gasteiger partial charge in [-0.05, 0) is 98.7 Å². The maximum atomic E-state index is 8.24. The third-order valence-corrected chi connectivity index (χ3v) is 13.8. The van der Waals surface area contributed by atoms with Crippen LogP contribution in [0.3, 0.4) is 0 Å². The van der Waals surface area contributed by atoms with Crippen LogP contribution in [0.4, 0.5) is 0 Å². The van der Waals surface area contributed by atoms with Gasteiger partial charge in [-0.1, -0.05) is 57.8 Å². The molecule has 8 atom stereocenters. The van der Waals surface area contributed by atoms with Gasteiger partial charge in [-0.25, -0.2) is 0 Å². The molecule has 12 heteroatoms. The monoisotopic (exact) mass is 680 g/mol. The molecule has 10 nitrogen and oxygen atoms in total. The summed E-state index contributed by atoms with van der Waals surface area (Å²) < 4.78 is 0. The Balaban J connectivity index is 0.000000671. The molecule has 0 amide bonds. The maximum absolute atomic E-state index is 8.24. The third-order valence-electron chi connectivity index (χ3n) is 13.8. The van der Waals surface area contributed by atoms with Crippen molar-refractivity contribution in [1.29, 1.82) is 0 Å². The first-order valence-electron chi connectivity index (χ1n) is 18.3. The molecular formula is C33H58CoN8NaO2-. The molecular weight excluding hydrogens is 622 g/mol. The fourth-order valence-corrected chi connectivity index (χ4v) is 12.0. The molecule has 9 fully saturated rings. The Hall–Kier alpha value is 0.656. The smallest absolute Gasteiger partial charge is 1.00 e. The Morgan fingerprint density at radius 1 is 0.378 bits per heavy atom. The van der Waals surface area contributed by atoms with E-state index < -0.39 is 0 Å². The summed E-state index contributed by atoms with van der Waals surface area (Å²) in [5.41, 5.74) is 0. The first-order valence-corrected chi connectivity index (χ1v) is 18.3. The van der Waals surface area contributed by atoms with Crippen molar-refractivity contribution in [3.8, 4) is 0 Å². The molecule has 0 aromatic heterocycles. The van der Waals surface area contributed by atoms with Crippen LogP contribution in [-0.2, 0) is 21.6 Å². The van der Waals surface area contributed by atoms with Crippen molar-refractivity contribution in [2.75, 3.05) is 0 Å². The van der Waals surface area contributed by atoms with Crippen molar-refractivity contribution < 1.29 is 57.7 Å². The van der Waals surface area contributed by atoms with Gasteiger partial charge in [-0.15, -0.1) is 0 Å². The summed E-state index contributed by atoms with van der Waals surface area (Å²) in [6.07, 6.45) is 25.6. The Kier molecular flexibility index (Phi) is 12.4. The van der Waals surface area contributed by atoms with Crippen LogP contribution < -0.4 is 72.1 Å². The minimum Gasteiger partial charge on any atom is -1.00 e. The largest absolute Gasteiger partial charge is 1.00 e. The molecule has 8 unspecified atom stereocenters. The number of nitrogens with one attached hydrogen (secondary N) is 8. The molecule has 4 saturated carbocycles. The van der Waals surface area contributed by atoms with E-state index in [0.717, 1.165) is 47.3 Å². The van der Waals surface area contributed by atoms with Crippen molar-refractivity contribution >= 4 is 6.47 Å². The first kappa shape index (κ1) is 35.5. The van der Waals surface area contributed by atoms with Gasteiger partial charge < -0.3 is 11.3 Å². The molecule has 9 N–H and O–H groups in total. The minimum atomic E-state index is 0. The van der Waals surface area contributed by atoms with Crippen LogP contribution in [0.15, 0.2) is 0 Å². The summed E-state index contributed by atoms with van der Waals surface area (Å²) >= 11 is 0. The van der Waals surface area contributed by atoms with E-state index in [1.807, 2.05) is 0 Å². The van der Waals surface area contributed by atoms with E-state index in [1.54, 1.807) is 0 Å². The molecule has 5 heterocycles. The molecule has 9 rings (SSSR count). The Morgan fingerprint density at radius 3 is 0.600 bits per heavy atom. The Labute approximate surface area is 304 Å². The van der Waals surface area contributed by atoms with E-state index in [0.29, 0.717) is 55.8 Å². The van der Waals surface area contributed by atoms with E-state index in [-0.39, 0.29) is 47.8 Å². The second-order valence-electron chi connectivity index (χ2n) is 15.7. The SMILES string of the molecule is C1CCC2C3NC(NC4NC(NC5NC(NC6NC(N3)C3CCCCC63)C3CCCCC53)C3CCCCC43)C2C1.O=[C-]O.[Co].[H-].[Na+]. The van der Waals surface area contributed by atoms with Gasteiger partial charge in [-0.3, -0.25) is 42.5 Å². The topological polar surface area (TPSA) is 134 Å². The molecule has 4 aliphatic carbocycles. The zero-order valence-corrected chi connectivity index (χ0v) is 30.3. The molecule has 8 bridgehead atoms. The van der Waals surface area contributed by atoms with Gasteiger partial charge in [0.05, 0.1) is 49.3 Å². The van der Waals surface area contributed by atoms with Gasteiger partial charge >= 0.3 is 29.6 Å². The number of hydrogen-bond acceptors (Lipinski definition) is 9. The Bertz CT molecular complexity index is 786. The van der Waals surface area contributed by atoms with Crippen LogP contribution >= 0.6 is 0 Å². The van der Waals surface area contributed by atoms with Crippen LogP contribution in [-0.4, -0.2) is 60.9 Å². The van der Waals surface area contributed by atoms with Gasteiger partial charge in [0.25, 0.3) is 0 Å². The summed E-state index contributed by atoms with van der Waals surface area (Å²) in [7, 11) is 0. The fraction of sp³-hybridized carbons (Fsp3) is 0.970. The summed E-state index contributed by atoms with van der Waals surface area (Å²) in [4.78, 5) is 8.24. The maximum Gasteiger partial charge on any atom is 1.00 e. The van der Waals surface area contributed by atoms with Gasteiger partial charge in [0.2, 0.25) is 0 Å². The molecule has 1 radical (unpaired) electrons. The third kappa shape index (κ3) is 6.88. The quantitative estimate of drug-likeness (QED) is 0.120. The van der Waals surface area contributed by atoms with Gasteiger partial charge in [0, 0.05) is 16.8 Å². The molecule has 253 valence electrons. The van der Waals surface area contributed by atoms with E-state index >= 15 is 0 Å². The number of hydrogen-bond donors (Lipinski definition) is 9. The second kappa shape index (κ2) is 15.7. The van der Waals surface area contributed by atoms with Gasteiger partial charge in [0.1, 0.15) is 0 Å². The van der Waals surface area contributed by atoms with Crippen LogP contribution in [0, 0.1) is 47.3 Å². The molecule has 5 aliphatic heterocycles. The van der Waals surface area contributed by atoms with Crippen LogP contribution in [0.2, 0.25) is 0 Å². The fourth-order valence-electron chi connectivity index (χ4n) is 12.0. The molecule has 9 aliphatic rings. The predicted octanol–water partition coefficient (Wildman–Crippen LogP) is -0.669. The van der Waals surface area contributed by atoms with E-state index in [2.05, 4.69) is 42.5 Å². The van der Waals surface area contributed by atoms with E-state index in [4.69, 9.17) is 9.90 Å². The zero-order valence-electron chi connectivity index (χ0n) is 28.2. The zero-order chi connectivity index (χ0) is 28.9. The molecule has 0 aromatic rings. The standard InChI is InChI=1S/C32H56N8.CHO2.Co.Na.H/c1-2-10-18-17(9-1)25-33-26(18)38-28-21-13-5-6-14-22(21)30(35-28)40-32-24-16-8-7-15-23(24)31(36-32)39-29-20-12-4-3-11-19(20)27(34-29)37-25;2-1-3;;;/h17-40H,1-16H2;(H,2,3);;;/q;-1;;+1;-1. The second-order valence-corrected chi connectivity index (χ2v) is 15.7. The molecule has 0 aromatic carbocycles. The number of fused-ring (bicyclic) bond motifs is 20. The van der Waals surface area contributed by atoms with Crippen molar-refractivity contribution in [2.45, 2.75) is 152 Å². The summed E-state index contributed by atoms with van der Waals surface area (Å²) in [6.45, 7) is 0.500. The average Bonchev–Trinajstić information content (AvgIpc) is 3.77. The van der Waals surface area contributed by atoms with Crippen molar-refractivity contribution in [3.05, 3.63) is 0 Å². The first-order chi connectivity index (χ1) is 21.2. The summed E-state index contributed by atoms with van der Waals surface area (Å²) in [5, 5.41) is 40.6. The van der Waals surface area contributed by atoms with E-state index in [9.17, 15) is 0 Å². The van der Waals surface area contributed by atoms with E-state index in [1.165, 1.54) is 103 Å². The normalized spacial score (nSPS) is 51.5. The van der Waals surface area contributed by atoms with Gasteiger partial charge in [-0.2, -0.15) is 0 Å². The predicted molar refractivity (Wildman–Crippen MR) is 167 cm³/mol. The number of rotatable bonds is 0. The average molecular weight is 681 g/mol. The van der Waals surface area contributed by atoms with Crippen molar-refractivity contribution in [2.24, 2.45) is 47.3 Å². The van der Waals surface area contributed by atoms with Crippen LogP contribution in [0.1, 0.15) is 104 Å². The van der Waals surface area contributed by atoms with Crippen LogP contribution in [0.25, 0.3) is 0 Å². The summed E-state index contributed by atoms with van der Waals surface area (Å²) in [6, 6.07) is 0. The van der Waals surface area contributed by atoms with Crippen molar-refractivity contribution in [3.63, 3.8) is 0 Å². The molecule has 45 heavy (non-hydrogen) atoms. The van der Waals surface area contributed by atoms with Crippen molar-refractivity contribution in [1.82, 2.24) is 42.5 Å². The van der Waals surface area contributed by atoms with Crippen LogP contribution in [0.5, 0.6) is 0 Å². The minimum absolute atomic E-state index is 0. The number of aliphatic hydroxyl groups excluding tert-OH is 1. The van der Waals surface area contributed by atoms with Gasteiger partial charge in [0.15, 0.2) is 0 Å². The molecule has 0 spiro atoms.